The summed E-state index contributed by atoms with van der Waals surface area (Å²) in [5.74, 6) is 0. The van der Waals surface area contributed by atoms with Crippen molar-refractivity contribution >= 4 is 27.7 Å². The van der Waals surface area contributed by atoms with Gasteiger partial charge in [0.2, 0.25) is 0 Å². The molecule has 0 saturated heterocycles. The molecule has 0 aliphatic heterocycles. The average Bonchev–Trinajstić information content (AvgIpc) is 3.17. The number of rotatable bonds is 4. The van der Waals surface area contributed by atoms with Gasteiger partial charge in [0.25, 0.3) is 0 Å². The molecule has 1 aromatic carbocycles. The summed E-state index contributed by atoms with van der Waals surface area (Å²) in [7, 11) is 0. The van der Waals surface area contributed by atoms with Gasteiger partial charge in [-0.2, -0.15) is 0 Å². The average molecular weight is 356 g/mol. The van der Waals surface area contributed by atoms with Crippen molar-refractivity contribution < 1.29 is 5.11 Å². The predicted molar refractivity (Wildman–Crippen MR) is 80.0 cm³/mol. The van der Waals surface area contributed by atoms with E-state index in [4.69, 9.17) is 0 Å². The van der Waals surface area contributed by atoms with Gasteiger partial charge < -0.3 is 5.11 Å². The van der Waals surface area contributed by atoms with Gasteiger partial charge in [0, 0.05) is 15.4 Å². The Labute approximate surface area is 128 Å². The summed E-state index contributed by atoms with van der Waals surface area (Å²) < 4.78 is 2.61. The topological polar surface area (TPSA) is 70.9 Å². The molecule has 1 aliphatic carbocycles. The van der Waals surface area contributed by atoms with Gasteiger partial charge >= 0.3 is 5.69 Å². The Balaban J connectivity index is 1.90. The minimum Gasteiger partial charge on any atom is -0.389 e. The Morgan fingerprint density at radius 2 is 2.30 bits per heavy atom. The molecule has 7 heteroatoms. The van der Waals surface area contributed by atoms with E-state index in [0.29, 0.717) is 11.2 Å². The number of benzene rings is 1. The Morgan fingerprint density at radius 1 is 1.55 bits per heavy atom. The molecule has 1 atom stereocenters. The molecule has 20 heavy (non-hydrogen) atoms. The lowest BCUT2D eigenvalue weighted by atomic mass is 10.1. The lowest BCUT2D eigenvalue weighted by Crippen LogP contribution is -2.16. The third kappa shape index (κ3) is 2.70. The molecule has 106 valence electrons. The van der Waals surface area contributed by atoms with Crippen LogP contribution in [-0.2, 0) is 0 Å². The Kier molecular flexibility index (Phi) is 3.74. The number of hydrogen-bond acceptors (Lipinski definition) is 4. The summed E-state index contributed by atoms with van der Waals surface area (Å²) in [6.45, 7) is 1.73. The summed E-state index contributed by atoms with van der Waals surface area (Å²) in [5.41, 5.74) is 0.703. The van der Waals surface area contributed by atoms with Crippen molar-refractivity contribution in [2.75, 3.05) is 0 Å². The minimum absolute atomic E-state index is 0.147. The second-order valence-electron chi connectivity index (χ2n) is 4.88. The normalized spacial score (nSPS) is 16.4. The molecule has 0 bridgehead atoms. The maximum Gasteiger partial charge on any atom is 0.344 e. The molecule has 1 aromatic heterocycles. The van der Waals surface area contributed by atoms with Gasteiger partial charge in [0.15, 0.2) is 5.16 Å². The Hall–Kier alpha value is -1.05. The maximum absolute atomic E-state index is 11.7. The molecule has 1 saturated carbocycles. The highest BCUT2D eigenvalue weighted by Crippen LogP contribution is 2.39. The van der Waals surface area contributed by atoms with E-state index in [2.05, 4.69) is 26.1 Å². The first-order valence-corrected chi connectivity index (χ1v) is 7.99. The molecule has 1 fully saturated rings. The molecule has 1 aliphatic rings. The lowest BCUT2D eigenvalue weighted by Gasteiger charge is -2.09. The number of H-pyrrole nitrogens is 1. The lowest BCUT2D eigenvalue weighted by molar-refractivity contribution is 0.199. The summed E-state index contributed by atoms with van der Waals surface area (Å²) in [6, 6.07) is 5.98. The third-order valence-electron chi connectivity index (χ3n) is 3.22. The number of halogens is 1. The van der Waals surface area contributed by atoms with Crippen LogP contribution in [0.25, 0.3) is 0 Å². The molecule has 2 N–H and O–H groups in total. The second kappa shape index (κ2) is 5.38. The summed E-state index contributed by atoms with van der Waals surface area (Å²) in [4.78, 5) is 12.7. The highest BCUT2D eigenvalue weighted by Gasteiger charge is 2.28. The Morgan fingerprint density at radius 3 is 2.90 bits per heavy atom. The SMILES string of the molecule is CC(O)c1ccc(Sc2n[nH]c(=O)n2C2CC2)c(Br)c1. The largest absolute Gasteiger partial charge is 0.389 e. The van der Waals surface area contributed by atoms with Gasteiger partial charge in [-0.1, -0.05) is 6.07 Å². The van der Waals surface area contributed by atoms with Gasteiger partial charge in [0.05, 0.1) is 6.10 Å². The van der Waals surface area contributed by atoms with Crippen LogP contribution in [0, 0.1) is 0 Å². The fraction of sp³-hybridized carbons (Fsp3) is 0.385. The first kappa shape index (κ1) is 13.9. The van der Waals surface area contributed by atoms with E-state index in [9.17, 15) is 9.90 Å². The van der Waals surface area contributed by atoms with E-state index in [-0.39, 0.29) is 5.69 Å². The highest BCUT2D eigenvalue weighted by atomic mass is 79.9. The van der Waals surface area contributed by atoms with Gasteiger partial charge in [-0.05, 0) is 65.2 Å². The molecule has 2 aromatic rings. The number of aliphatic hydroxyl groups is 1. The zero-order chi connectivity index (χ0) is 14.3. The van der Waals surface area contributed by atoms with Crippen molar-refractivity contribution in [2.45, 2.75) is 42.0 Å². The molecule has 0 radical (unpaired) electrons. The predicted octanol–water partition coefficient (Wildman–Crippen LogP) is 2.87. The fourth-order valence-corrected chi connectivity index (χ4v) is 3.53. The quantitative estimate of drug-likeness (QED) is 0.884. The molecule has 0 spiro atoms. The van der Waals surface area contributed by atoms with Gasteiger partial charge in [0.1, 0.15) is 0 Å². The second-order valence-corrected chi connectivity index (χ2v) is 6.74. The van der Waals surface area contributed by atoms with Crippen molar-refractivity contribution in [3.8, 4) is 0 Å². The first-order chi connectivity index (χ1) is 9.56. The van der Waals surface area contributed by atoms with Crippen LogP contribution in [0.5, 0.6) is 0 Å². The van der Waals surface area contributed by atoms with E-state index in [0.717, 1.165) is 27.8 Å². The Bertz CT molecular complexity index is 691. The van der Waals surface area contributed by atoms with Crippen LogP contribution in [0.1, 0.15) is 37.5 Å². The number of nitrogens with one attached hydrogen (secondary N) is 1. The van der Waals surface area contributed by atoms with Crippen LogP contribution in [0.2, 0.25) is 0 Å². The van der Waals surface area contributed by atoms with E-state index in [1.54, 1.807) is 11.5 Å². The monoisotopic (exact) mass is 355 g/mol. The fourth-order valence-electron chi connectivity index (χ4n) is 1.98. The third-order valence-corrected chi connectivity index (χ3v) is 5.19. The number of aromatic amines is 1. The molecule has 5 nitrogen and oxygen atoms in total. The first-order valence-electron chi connectivity index (χ1n) is 6.38. The van der Waals surface area contributed by atoms with Gasteiger partial charge in [-0.3, -0.25) is 4.57 Å². The summed E-state index contributed by atoms with van der Waals surface area (Å²) in [6.07, 6.45) is 1.57. The van der Waals surface area contributed by atoms with E-state index >= 15 is 0 Å². The molecule has 0 amide bonds. The molecular weight excluding hydrogens is 342 g/mol. The molecule has 3 rings (SSSR count). The number of nitrogens with zero attached hydrogens (tertiary/aromatic N) is 2. The van der Waals surface area contributed by atoms with E-state index in [1.807, 2.05) is 18.2 Å². The van der Waals surface area contributed by atoms with Crippen molar-refractivity contribution in [1.29, 1.82) is 0 Å². The zero-order valence-corrected chi connectivity index (χ0v) is 13.2. The molecular formula is C13H14BrN3O2S. The minimum atomic E-state index is -0.500. The number of aliphatic hydroxyl groups excluding tert-OH is 1. The van der Waals surface area contributed by atoms with Crippen LogP contribution in [0.15, 0.2) is 37.5 Å². The van der Waals surface area contributed by atoms with Gasteiger partial charge in [-0.25, -0.2) is 9.89 Å². The standard InChI is InChI=1S/C13H14BrN3O2S/c1-7(18)8-2-5-11(10(14)6-8)20-13-16-15-12(19)17(13)9-3-4-9/h2,5-7,9,18H,3-4H2,1H3,(H,15,19). The molecule has 1 heterocycles. The van der Waals surface area contributed by atoms with Crippen LogP contribution in [0.4, 0.5) is 0 Å². The van der Waals surface area contributed by atoms with Crippen molar-refractivity contribution in [3.63, 3.8) is 0 Å². The van der Waals surface area contributed by atoms with Crippen molar-refractivity contribution in [3.05, 3.63) is 38.7 Å². The van der Waals surface area contributed by atoms with Crippen LogP contribution in [-0.4, -0.2) is 19.9 Å². The summed E-state index contributed by atoms with van der Waals surface area (Å²) in [5, 5.41) is 16.8. The highest BCUT2D eigenvalue weighted by molar-refractivity contribution is 9.10. The number of aromatic nitrogens is 3. The van der Waals surface area contributed by atoms with Gasteiger partial charge in [-0.15, -0.1) is 5.10 Å². The molecule has 1 unspecified atom stereocenters. The van der Waals surface area contributed by atoms with E-state index in [1.165, 1.54) is 11.8 Å². The summed E-state index contributed by atoms with van der Waals surface area (Å²) >= 11 is 4.94. The zero-order valence-electron chi connectivity index (χ0n) is 10.8. The van der Waals surface area contributed by atoms with Crippen molar-refractivity contribution in [2.24, 2.45) is 0 Å². The van der Waals surface area contributed by atoms with E-state index < -0.39 is 6.10 Å². The van der Waals surface area contributed by atoms with Crippen LogP contribution < -0.4 is 5.69 Å². The maximum atomic E-state index is 11.7. The van der Waals surface area contributed by atoms with Crippen LogP contribution in [0.3, 0.4) is 0 Å². The van der Waals surface area contributed by atoms with Crippen molar-refractivity contribution in [1.82, 2.24) is 14.8 Å². The van der Waals surface area contributed by atoms with Crippen LogP contribution >= 0.6 is 27.7 Å². The smallest absolute Gasteiger partial charge is 0.344 e. The number of hydrogen-bond donors (Lipinski definition) is 2.